The Balaban J connectivity index is 2.54. The van der Waals surface area contributed by atoms with Crippen molar-refractivity contribution in [2.75, 3.05) is 6.26 Å². The van der Waals surface area contributed by atoms with Crippen molar-refractivity contribution >= 4 is 22.8 Å². The van der Waals surface area contributed by atoms with Gasteiger partial charge in [-0.1, -0.05) is 0 Å². The second-order valence-corrected chi connectivity index (χ2v) is 3.77. The second-order valence-electron chi connectivity index (χ2n) is 2.90. The molecule has 1 heterocycles. The van der Waals surface area contributed by atoms with Gasteiger partial charge in [-0.05, 0) is 6.26 Å². The van der Waals surface area contributed by atoms with Crippen LogP contribution in [-0.4, -0.2) is 16.2 Å². The number of hydrogen-bond donors (Lipinski definition) is 1. The first kappa shape index (κ1) is 9.45. The van der Waals surface area contributed by atoms with E-state index in [0.717, 1.165) is 18.0 Å². The molecule has 0 fully saturated rings. The van der Waals surface area contributed by atoms with E-state index in [1.807, 2.05) is 6.26 Å². The Morgan fingerprint density at radius 2 is 2.07 bits per heavy atom. The van der Waals surface area contributed by atoms with E-state index in [0.29, 0.717) is 16.8 Å². The zero-order chi connectivity index (χ0) is 10.1. The van der Waals surface area contributed by atoms with Crippen LogP contribution < -0.4 is 0 Å². The molecule has 0 amide bonds. The summed E-state index contributed by atoms with van der Waals surface area (Å²) >= 11 is 1.60. The van der Waals surface area contributed by atoms with Gasteiger partial charge in [0.1, 0.15) is 5.82 Å². The van der Waals surface area contributed by atoms with E-state index in [-0.39, 0.29) is 0 Å². The zero-order valence-corrected chi connectivity index (χ0v) is 8.29. The molecule has 2 aromatic rings. The Morgan fingerprint density at radius 1 is 1.36 bits per heavy atom. The first-order valence-corrected chi connectivity index (χ1v) is 5.42. The summed E-state index contributed by atoms with van der Waals surface area (Å²) < 4.78 is 25.6. The van der Waals surface area contributed by atoms with Crippen molar-refractivity contribution in [3.8, 4) is 0 Å². The lowest BCUT2D eigenvalue weighted by atomic mass is 10.3. The highest BCUT2D eigenvalue weighted by molar-refractivity contribution is 7.97. The smallest absolute Gasteiger partial charge is 0.161 e. The summed E-state index contributed by atoms with van der Waals surface area (Å²) in [4.78, 5) is 7.05. The Morgan fingerprint density at radius 3 is 2.79 bits per heavy atom. The molecule has 0 saturated carbocycles. The van der Waals surface area contributed by atoms with Crippen LogP contribution in [-0.2, 0) is 5.75 Å². The summed E-state index contributed by atoms with van der Waals surface area (Å²) in [5.41, 5.74) is 1.00. The molecule has 0 spiro atoms. The zero-order valence-electron chi connectivity index (χ0n) is 7.47. The number of thioether (sulfide) groups is 1. The first-order chi connectivity index (χ1) is 6.70. The lowest BCUT2D eigenvalue weighted by Gasteiger charge is -1.90. The number of nitrogens with one attached hydrogen (secondary N) is 1. The molecule has 1 aromatic carbocycles. The molecule has 0 unspecified atom stereocenters. The maximum absolute atomic E-state index is 12.8. The maximum atomic E-state index is 12.8. The molecule has 0 aliphatic rings. The van der Waals surface area contributed by atoms with Gasteiger partial charge in [0.2, 0.25) is 0 Å². The van der Waals surface area contributed by atoms with Gasteiger partial charge in [0.05, 0.1) is 16.8 Å². The number of aromatic nitrogens is 2. The molecule has 0 saturated heterocycles. The van der Waals surface area contributed by atoms with Crippen molar-refractivity contribution in [1.82, 2.24) is 9.97 Å². The minimum absolute atomic E-state index is 0.466. The molecule has 5 heteroatoms. The average molecular weight is 214 g/mol. The number of halogens is 2. The summed E-state index contributed by atoms with van der Waals surface area (Å²) in [7, 11) is 0. The topological polar surface area (TPSA) is 28.7 Å². The van der Waals surface area contributed by atoms with Crippen molar-refractivity contribution in [3.63, 3.8) is 0 Å². The van der Waals surface area contributed by atoms with Gasteiger partial charge in [0, 0.05) is 12.1 Å². The van der Waals surface area contributed by atoms with Gasteiger partial charge in [-0.15, -0.1) is 0 Å². The van der Waals surface area contributed by atoms with Gasteiger partial charge in [0.25, 0.3) is 0 Å². The Kier molecular flexibility index (Phi) is 2.41. The van der Waals surface area contributed by atoms with Crippen molar-refractivity contribution in [2.24, 2.45) is 0 Å². The summed E-state index contributed by atoms with van der Waals surface area (Å²) in [5, 5.41) is 0. The molecule has 0 bridgehead atoms. The van der Waals surface area contributed by atoms with Crippen LogP contribution in [0.5, 0.6) is 0 Å². The summed E-state index contributed by atoms with van der Waals surface area (Å²) in [5.74, 6) is -0.271. The Bertz CT molecular complexity index is 428. The van der Waals surface area contributed by atoms with E-state index in [4.69, 9.17) is 0 Å². The molecule has 14 heavy (non-hydrogen) atoms. The Labute approximate surface area is 83.7 Å². The summed E-state index contributed by atoms with van der Waals surface area (Å²) in [6.45, 7) is 0. The molecular formula is C9H8F2N2S. The van der Waals surface area contributed by atoms with E-state index >= 15 is 0 Å². The Hall–Kier alpha value is -1.10. The largest absolute Gasteiger partial charge is 0.341 e. The molecule has 1 aromatic heterocycles. The van der Waals surface area contributed by atoms with E-state index < -0.39 is 11.6 Å². The molecule has 0 radical (unpaired) electrons. The summed E-state index contributed by atoms with van der Waals surface area (Å²) in [6.07, 6.45) is 1.94. The third kappa shape index (κ3) is 1.59. The number of benzene rings is 1. The number of rotatable bonds is 2. The summed E-state index contributed by atoms with van der Waals surface area (Å²) in [6, 6.07) is 2.23. The fraction of sp³-hybridized carbons (Fsp3) is 0.222. The van der Waals surface area contributed by atoms with Crippen LogP contribution >= 0.6 is 11.8 Å². The fourth-order valence-electron chi connectivity index (χ4n) is 1.26. The molecule has 0 aliphatic carbocycles. The number of imidazole rings is 1. The minimum atomic E-state index is -0.861. The SMILES string of the molecule is CSCc1nc2cc(F)c(F)cc2[nH]1. The van der Waals surface area contributed by atoms with E-state index in [1.165, 1.54) is 0 Å². The van der Waals surface area contributed by atoms with E-state index in [1.54, 1.807) is 11.8 Å². The first-order valence-electron chi connectivity index (χ1n) is 4.03. The molecule has 2 nitrogen and oxygen atoms in total. The average Bonchev–Trinajstić information content (AvgIpc) is 2.48. The second kappa shape index (κ2) is 3.57. The molecule has 1 N–H and O–H groups in total. The third-order valence-corrected chi connectivity index (χ3v) is 2.42. The van der Waals surface area contributed by atoms with Gasteiger partial charge < -0.3 is 4.98 Å². The molecular weight excluding hydrogens is 206 g/mol. The van der Waals surface area contributed by atoms with Crippen LogP contribution in [0.4, 0.5) is 8.78 Å². The van der Waals surface area contributed by atoms with E-state index in [2.05, 4.69) is 9.97 Å². The van der Waals surface area contributed by atoms with Gasteiger partial charge in [0.15, 0.2) is 11.6 Å². The number of aromatic amines is 1. The number of fused-ring (bicyclic) bond motifs is 1. The van der Waals surface area contributed by atoms with Gasteiger partial charge in [-0.2, -0.15) is 11.8 Å². The number of H-pyrrole nitrogens is 1. The third-order valence-electron chi connectivity index (χ3n) is 1.85. The number of hydrogen-bond acceptors (Lipinski definition) is 2. The maximum Gasteiger partial charge on any atom is 0.161 e. The monoisotopic (exact) mass is 214 g/mol. The fourth-order valence-corrected chi connectivity index (χ4v) is 1.67. The molecule has 0 atom stereocenters. The highest BCUT2D eigenvalue weighted by atomic mass is 32.2. The number of nitrogens with zero attached hydrogens (tertiary/aromatic N) is 1. The van der Waals surface area contributed by atoms with E-state index in [9.17, 15) is 8.78 Å². The highest BCUT2D eigenvalue weighted by Crippen LogP contribution is 2.17. The van der Waals surface area contributed by atoms with Crippen LogP contribution in [0.15, 0.2) is 12.1 Å². The molecule has 74 valence electrons. The van der Waals surface area contributed by atoms with Gasteiger partial charge in [-0.3, -0.25) is 0 Å². The molecule has 0 aliphatic heterocycles. The lowest BCUT2D eigenvalue weighted by Crippen LogP contribution is -1.82. The quantitative estimate of drug-likeness (QED) is 0.832. The normalized spacial score (nSPS) is 11.1. The predicted molar refractivity (Wildman–Crippen MR) is 53.2 cm³/mol. The standard InChI is InChI=1S/C9H8F2N2S/c1-14-4-9-12-7-2-5(10)6(11)3-8(7)13-9/h2-3H,4H2,1H3,(H,12,13). The van der Waals surface area contributed by atoms with Gasteiger partial charge >= 0.3 is 0 Å². The van der Waals surface area contributed by atoms with Crippen LogP contribution in [0.2, 0.25) is 0 Å². The van der Waals surface area contributed by atoms with Crippen LogP contribution in [0.1, 0.15) is 5.82 Å². The highest BCUT2D eigenvalue weighted by Gasteiger charge is 2.07. The van der Waals surface area contributed by atoms with Crippen molar-refractivity contribution in [1.29, 1.82) is 0 Å². The van der Waals surface area contributed by atoms with Crippen molar-refractivity contribution < 1.29 is 8.78 Å². The van der Waals surface area contributed by atoms with Crippen molar-refractivity contribution in [2.45, 2.75) is 5.75 Å². The minimum Gasteiger partial charge on any atom is -0.341 e. The van der Waals surface area contributed by atoms with Crippen molar-refractivity contribution in [3.05, 3.63) is 29.6 Å². The van der Waals surface area contributed by atoms with Gasteiger partial charge in [-0.25, -0.2) is 13.8 Å². The van der Waals surface area contributed by atoms with Crippen LogP contribution in [0, 0.1) is 11.6 Å². The van der Waals surface area contributed by atoms with Crippen LogP contribution in [0.25, 0.3) is 11.0 Å². The lowest BCUT2D eigenvalue weighted by molar-refractivity contribution is 0.510. The van der Waals surface area contributed by atoms with Crippen LogP contribution in [0.3, 0.4) is 0 Å². The predicted octanol–water partition coefficient (Wildman–Crippen LogP) is 2.70. The molecule has 2 rings (SSSR count).